The van der Waals surface area contributed by atoms with E-state index in [1.807, 2.05) is 13.8 Å². The highest BCUT2D eigenvalue weighted by Gasteiger charge is 2.69. The van der Waals surface area contributed by atoms with Gasteiger partial charge in [-0.2, -0.15) is 5.26 Å². The number of amides is 5. The summed E-state index contributed by atoms with van der Waals surface area (Å²) in [4.78, 5) is 53.4. The number of nitrogens with zero attached hydrogens (tertiary/aromatic N) is 2. The van der Waals surface area contributed by atoms with Crippen LogP contribution in [0.4, 0.5) is 13.6 Å². The number of urea groups is 1. The van der Waals surface area contributed by atoms with Crippen LogP contribution in [0.25, 0.3) is 0 Å². The third kappa shape index (κ3) is 5.43. The second-order valence-corrected chi connectivity index (χ2v) is 13.0. The highest BCUT2D eigenvalue weighted by atomic mass is 19.3. The highest BCUT2D eigenvalue weighted by molar-refractivity contribution is 5.94. The van der Waals surface area contributed by atoms with Gasteiger partial charge in [0, 0.05) is 37.9 Å². The zero-order chi connectivity index (χ0) is 28.2. The van der Waals surface area contributed by atoms with E-state index in [1.165, 1.54) is 4.90 Å². The maximum Gasteiger partial charge on any atom is 0.315 e. The lowest BCUT2D eigenvalue weighted by Gasteiger charge is -2.39. The molecule has 2 aliphatic carbocycles. The molecular weight excluding hydrogens is 498 g/mol. The standard InChI is InChI=1S/C26H38F2N6O4/c1-24(2,3)19(33-23(38)32-15-9-26(27,28)10-15)22(37)34-12-16-17(25(16,4)5)18(34)21(36)31-14(11-29)8-13-6-7-30-20(13)35/h13-19H,6-10,12H2,1-5H3,(H,30,35)(H,31,36)(H2,32,33,38)/t13-,14-,16-,17-,18-,19+/m0/s1. The quantitative estimate of drug-likeness (QED) is 0.390. The van der Waals surface area contributed by atoms with E-state index in [4.69, 9.17) is 0 Å². The largest absolute Gasteiger partial charge is 0.356 e. The van der Waals surface area contributed by atoms with E-state index < -0.39 is 66.2 Å². The maximum absolute atomic E-state index is 13.8. The predicted molar refractivity (Wildman–Crippen MR) is 132 cm³/mol. The van der Waals surface area contributed by atoms with Crippen LogP contribution >= 0.6 is 0 Å². The molecule has 2 heterocycles. The smallest absolute Gasteiger partial charge is 0.315 e. The Bertz CT molecular complexity index is 1040. The summed E-state index contributed by atoms with van der Waals surface area (Å²) in [5, 5.41) is 20.3. The van der Waals surface area contributed by atoms with Crippen LogP contribution in [0.3, 0.4) is 0 Å². The molecule has 4 fully saturated rings. The number of alkyl halides is 2. The summed E-state index contributed by atoms with van der Waals surface area (Å²) < 4.78 is 26.4. The summed E-state index contributed by atoms with van der Waals surface area (Å²) in [5.41, 5.74) is -0.893. The number of fused-ring (bicyclic) bond motifs is 1. The lowest BCUT2D eigenvalue weighted by molar-refractivity contribution is -0.144. The normalized spacial score (nSPS) is 30.7. The Hall–Kier alpha value is -2.97. The average molecular weight is 537 g/mol. The zero-order valence-corrected chi connectivity index (χ0v) is 22.6. The molecule has 0 bridgehead atoms. The predicted octanol–water partition coefficient (Wildman–Crippen LogP) is 1.52. The number of nitriles is 1. The van der Waals surface area contributed by atoms with Crippen molar-refractivity contribution in [2.24, 2.45) is 28.6 Å². The van der Waals surface area contributed by atoms with Crippen LogP contribution in [0.2, 0.25) is 0 Å². The van der Waals surface area contributed by atoms with E-state index >= 15 is 0 Å². The summed E-state index contributed by atoms with van der Waals surface area (Å²) in [7, 11) is 0. The molecule has 2 saturated heterocycles. The SMILES string of the molecule is CC(C)(C)[C@H](NC(=O)NC1CC(F)(F)C1)C(=O)N1C[C@H]2[C@@H]([C@H]1C(=O)N[C@H](C#N)C[C@@H]1CCNC1=O)C2(C)C. The van der Waals surface area contributed by atoms with Crippen molar-refractivity contribution in [2.45, 2.75) is 90.4 Å². The fourth-order valence-electron chi connectivity index (χ4n) is 6.30. The number of carbonyl (C=O) groups excluding carboxylic acids is 4. The topological polar surface area (TPSA) is 143 Å². The van der Waals surface area contributed by atoms with Gasteiger partial charge < -0.3 is 26.2 Å². The van der Waals surface area contributed by atoms with E-state index in [0.717, 1.165) is 0 Å². The number of rotatable bonds is 7. The number of carbonyl (C=O) groups is 4. The summed E-state index contributed by atoms with van der Waals surface area (Å²) >= 11 is 0. The Balaban J connectivity index is 1.46. The van der Waals surface area contributed by atoms with Crippen molar-refractivity contribution < 1.29 is 28.0 Å². The monoisotopic (exact) mass is 536 g/mol. The molecule has 0 spiro atoms. The van der Waals surface area contributed by atoms with Crippen LogP contribution in [-0.2, 0) is 14.4 Å². The summed E-state index contributed by atoms with van der Waals surface area (Å²) in [6.45, 7) is 10.3. The molecule has 0 aromatic rings. The third-order valence-electron chi connectivity index (χ3n) is 8.73. The third-order valence-corrected chi connectivity index (χ3v) is 8.73. The number of nitrogens with one attached hydrogen (secondary N) is 4. The van der Waals surface area contributed by atoms with Gasteiger partial charge in [-0.25, -0.2) is 13.6 Å². The van der Waals surface area contributed by atoms with Gasteiger partial charge >= 0.3 is 6.03 Å². The lowest BCUT2D eigenvalue weighted by Crippen LogP contribution is -2.62. The zero-order valence-electron chi connectivity index (χ0n) is 22.6. The van der Waals surface area contributed by atoms with E-state index in [2.05, 4.69) is 27.3 Å². The number of piperidine rings is 1. The van der Waals surface area contributed by atoms with E-state index in [1.54, 1.807) is 20.8 Å². The lowest BCUT2D eigenvalue weighted by atomic mass is 9.85. The Labute approximate surface area is 221 Å². The molecule has 4 aliphatic rings. The Morgan fingerprint density at radius 1 is 1.21 bits per heavy atom. The first-order valence-corrected chi connectivity index (χ1v) is 13.3. The van der Waals surface area contributed by atoms with Crippen LogP contribution in [0.5, 0.6) is 0 Å². The van der Waals surface area contributed by atoms with Crippen LogP contribution < -0.4 is 21.3 Å². The molecule has 2 aliphatic heterocycles. The first-order chi connectivity index (χ1) is 17.5. The average Bonchev–Trinajstić information content (AvgIpc) is 3.14. The summed E-state index contributed by atoms with van der Waals surface area (Å²) in [5.74, 6) is -4.17. The van der Waals surface area contributed by atoms with Crippen LogP contribution in [-0.4, -0.2) is 71.8 Å². The van der Waals surface area contributed by atoms with E-state index in [-0.39, 0.29) is 35.5 Å². The van der Waals surface area contributed by atoms with Crippen molar-refractivity contribution in [3.8, 4) is 6.07 Å². The van der Waals surface area contributed by atoms with Crippen molar-refractivity contribution in [3.05, 3.63) is 0 Å². The fraction of sp³-hybridized carbons (Fsp3) is 0.808. The number of hydrogen-bond acceptors (Lipinski definition) is 5. The molecule has 4 rings (SSSR count). The summed E-state index contributed by atoms with van der Waals surface area (Å²) in [6.07, 6.45) is -0.0924. The van der Waals surface area contributed by atoms with Crippen molar-refractivity contribution >= 4 is 23.8 Å². The van der Waals surface area contributed by atoms with Gasteiger partial charge in [0.1, 0.15) is 18.1 Å². The van der Waals surface area contributed by atoms with Gasteiger partial charge in [0.15, 0.2) is 0 Å². The van der Waals surface area contributed by atoms with Crippen LogP contribution in [0, 0.1) is 39.9 Å². The minimum atomic E-state index is -2.79. The molecule has 6 atom stereocenters. The van der Waals surface area contributed by atoms with Crippen molar-refractivity contribution in [1.82, 2.24) is 26.2 Å². The van der Waals surface area contributed by atoms with Crippen molar-refractivity contribution in [3.63, 3.8) is 0 Å². The second kappa shape index (κ2) is 9.65. The molecule has 2 saturated carbocycles. The van der Waals surface area contributed by atoms with Crippen LogP contribution in [0.1, 0.15) is 60.3 Å². The molecule has 38 heavy (non-hydrogen) atoms. The van der Waals surface area contributed by atoms with E-state index in [9.17, 15) is 33.2 Å². The molecule has 0 unspecified atom stereocenters. The maximum atomic E-state index is 13.8. The van der Waals surface area contributed by atoms with Gasteiger partial charge in [0.2, 0.25) is 17.7 Å². The molecule has 4 N–H and O–H groups in total. The minimum absolute atomic E-state index is 0.0926. The van der Waals surface area contributed by atoms with E-state index in [0.29, 0.717) is 19.5 Å². The first-order valence-electron chi connectivity index (χ1n) is 13.3. The van der Waals surface area contributed by atoms with Gasteiger partial charge in [-0.05, 0) is 35.5 Å². The molecule has 12 heteroatoms. The summed E-state index contributed by atoms with van der Waals surface area (Å²) in [6, 6.07) is -2.00. The molecule has 0 aromatic carbocycles. The molecule has 10 nitrogen and oxygen atoms in total. The number of halogens is 2. The Morgan fingerprint density at radius 2 is 1.87 bits per heavy atom. The van der Waals surface area contributed by atoms with Crippen molar-refractivity contribution in [2.75, 3.05) is 13.1 Å². The van der Waals surface area contributed by atoms with Gasteiger partial charge in [-0.3, -0.25) is 14.4 Å². The van der Waals surface area contributed by atoms with Gasteiger partial charge in [-0.1, -0.05) is 34.6 Å². The Kier molecular flexibility index (Phi) is 7.12. The highest BCUT2D eigenvalue weighted by Crippen LogP contribution is 2.65. The molecular formula is C26H38F2N6O4. The molecule has 5 amide bonds. The van der Waals surface area contributed by atoms with Crippen molar-refractivity contribution in [1.29, 1.82) is 5.26 Å². The first kappa shape index (κ1) is 28.0. The van der Waals surface area contributed by atoms with Gasteiger partial charge in [-0.15, -0.1) is 0 Å². The van der Waals surface area contributed by atoms with Crippen LogP contribution in [0.15, 0.2) is 0 Å². The fourth-order valence-corrected chi connectivity index (χ4v) is 6.30. The molecule has 0 radical (unpaired) electrons. The van der Waals surface area contributed by atoms with Gasteiger partial charge in [0.05, 0.1) is 6.07 Å². The Morgan fingerprint density at radius 3 is 2.39 bits per heavy atom. The second-order valence-electron chi connectivity index (χ2n) is 13.0. The van der Waals surface area contributed by atoms with Gasteiger partial charge in [0.25, 0.3) is 5.92 Å². The number of hydrogen-bond donors (Lipinski definition) is 4. The molecule has 210 valence electrons. The number of likely N-dealkylation sites (tertiary alicyclic amines) is 1. The molecule has 0 aromatic heterocycles. The minimum Gasteiger partial charge on any atom is -0.356 e.